The van der Waals surface area contributed by atoms with Crippen LogP contribution in [0.1, 0.15) is 23.5 Å². The topological polar surface area (TPSA) is 99.6 Å². The zero-order valence-corrected chi connectivity index (χ0v) is 14.2. The molecule has 164 valence electrons. The van der Waals surface area contributed by atoms with E-state index in [9.17, 15) is 58.1 Å². The predicted molar refractivity (Wildman–Crippen MR) is 73.2 cm³/mol. The van der Waals surface area contributed by atoms with Gasteiger partial charge in [0.1, 0.15) is 5.60 Å². The third kappa shape index (κ3) is 2.50. The molecular formula is C13H8F9NO5S. The van der Waals surface area contributed by atoms with Crippen LogP contribution in [-0.4, -0.2) is 46.9 Å². The number of nitrogens with one attached hydrogen (secondary N) is 1. The van der Waals surface area contributed by atoms with Crippen molar-refractivity contribution in [3.63, 3.8) is 0 Å². The number of hydrogen-bond acceptors (Lipinski definition) is 5. The highest BCUT2D eigenvalue weighted by Gasteiger charge is 2.86. The van der Waals surface area contributed by atoms with Crippen molar-refractivity contribution < 1.29 is 62.3 Å². The van der Waals surface area contributed by atoms with Gasteiger partial charge in [-0.05, 0) is 12.5 Å². The number of aromatic hydroxyl groups is 2. The average Bonchev–Trinajstić information content (AvgIpc) is 3.16. The number of H-pyrrole nitrogens is 1. The Morgan fingerprint density at radius 3 is 2.07 bits per heavy atom. The molecule has 0 saturated carbocycles. The first kappa shape index (κ1) is 21.6. The van der Waals surface area contributed by atoms with Crippen molar-refractivity contribution in [2.24, 2.45) is 0 Å². The first-order chi connectivity index (χ1) is 12.8. The van der Waals surface area contributed by atoms with Gasteiger partial charge in [0.05, 0.1) is 5.56 Å². The van der Waals surface area contributed by atoms with Crippen LogP contribution in [0.25, 0.3) is 0 Å². The Morgan fingerprint density at radius 1 is 1.00 bits per heavy atom. The summed E-state index contributed by atoms with van der Waals surface area (Å²) in [5.41, 5.74) is -3.53. The highest BCUT2D eigenvalue weighted by molar-refractivity contribution is 7.87. The van der Waals surface area contributed by atoms with Crippen molar-refractivity contribution in [3.8, 4) is 11.8 Å². The minimum absolute atomic E-state index is 0.240. The maximum absolute atomic E-state index is 13.9. The van der Waals surface area contributed by atoms with E-state index in [4.69, 9.17) is 0 Å². The van der Waals surface area contributed by atoms with Crippen LogP contribution in [0.15, 0.2) is 12.2 Å². The molecule has 16 heteroatoms. The van der Waals surface area contributed by atoms with Gasteiger partial charge in [-0.15, -0.1) is 0 Å². The van der Waals surface area contributed by atoms with Crippen molar-refractivity contribution in [2.45, 2.75) is 41.2 Å². The number of alkyl halides is 9. The minimum Gasteiger partial charge on any atom is -0.494 e. The molecular weight excluding hydrogens is 453 g/mol. The van der Waals surface area contributed by atoms with Gasteiger partial charge in [0.25, 0.3) is 0 Å². The number of rotatable bonds is 5. The molecule has 0 radical (unpaired) electrons. The van der Waals surface area contributed by atoms with Gasteiger partial charge in [0.15, 0.2) is 11.8 Å². The van der Waals surface area contributed by atoms with Crippen molar-refractivity contribution >= 4 is 10.1 Å². The lowest BCUT2D eigenvalue weighted by Crippen LogP contribution is -2.63. The van der Waals surface area contributed by atoms with E-state index in [-0.39, 0.29) is 5.56 Å². The van der Waals surface area contributed by atoms with Gasteiger partial charge < -0.3 is 10.2 Å². The van der Waals surface area contributed by atoms with Crippen LogP contribution in [0.5, 0.6) is 11.8 Å². The van der Waals surface area contributed by atoms with Crippen LogP contribution in [0.3, 0.4) is 0 Å². The standard InChI is InChI=1S/C13H8F9NO5S/c14-10(15,12(18,19)20)11(16,17)13(21,22)29(26,27)28-9-2-1-4(3-9)5-6(9)8(25)23-7(5)24/h1-2,4,23-25H,3H2. The van der Waals surface area contributed by atoms with E-state index in [2.05, 4.69) is 4.18 Å². The second kappa shape index (κ2) is 5.53. The molecule has 1 aromatic rings. The van der Waals surface area contributed by atoms with Crippen LogP contribution in [0.2, 0.25) is 0 Å². The molecule has 29 heavy (non-hydrogen) atoms. The van der Waals surface area contributed by atoms with Gasteiger partial charge in [0.2, 0.25) is 0 Å². The summed E-state index contributed by atoms with van der Waals surface area (Å²) in [6.45, 7) is 0. The molecule has 0 amide bonds. The lowest BCUT2D eigenvalue weighted by Gasteiger charge is -2.34. The summed E-state index contributed by atoms with van der Waals surface area (Å²) in [7, 11) is -7.16. The fourth-order valence-electron chi connectivity index (χ4n) is 3.26. The Kier molecular flexibility index (Phi) is 4.12. The highest BCUT2D eigenvalue weighted by atomic mass is 32.2. The second-order valence-corrected chi connectivity index (χ2v) is 7.96. The van der Waals surface area contributed by atoms with Crippen LogP contribution in [0.4, 0.5) is 39.5 Å². The number of allylic oxidation sites excluding steroid dienone is 1. The molecule has 0 spiro atoms. The van der Waals surface area contributed by atoms with Crippen LogP contribution < -0.4 is 0 Å². The monoisotopic (exact) mass is 461 g/mol. The zero-order valence-electron chi connectivity index (χ0n) is 13.4. The van der Waals surface area contributed by atoms with Crippen LogP contribution in [0, 0.1) is 0 Å². The van der Waals surface area contributed by atoms with Crippen molar-refractivity contribution in [2.75, 3.05) is 0 Å². The third-order valence-electron chi connectivity index (χ3n) is 4.60. The summed E-state index contributed by atoms with van der Waals surface area (Å²) in [6.07, 6.45) is -6.06. The summed E-state index contributed by atoms with van der Waals surface area (Å²) in [4.78, 5) is 1.89. The van der Waals surface area contributed by atoms with Crippen molar-refractivity contribution in [1.82, 2.24) is 4.98 Å². The zero-order chi connectivity index (χ0) is 22.4. The number of hydrogen-bond donors (Lipinski definition) is 3. The Hall–Kier alpha value is -2.10. The molecule has 1 heterocycles. The van der Waals surface area contributed by atoms with Crippen molar-refractivity contribution in [1.29, 1.82) is 0 Å². The van der Waals surface area contributed by atoms with Crippen LogP contribution >= 0.6 is 0 Å². The predicted octanol–water partition coefficient (Wildman–Crippen LogP) is 3.45. The SMILES string of the molecule is O=S(=O)(OC12C=CC(C1)c1c(O)[nH]c(O)c12)C(F)(F)C(F)(F)C(F)(F)C(F)(F)F. The highest BCUT2D eigenvalue weighted by Crippen LogP contribution is 2.61. The van der Waals surface area contributed by atoms with Crippen molar-refractivity contribution in [3.05, 3.63) is 23.3 Å². The number of fused-ring (bicyclic) bond motifs is 5. The molecule has 0 fully saturated rings. The maximum atomic E-state index is 13.9. The van der Waals surface area contributed by atoms with Gasteiger partial charge in [-0.3, -0.25) is 4.98 Å². The van der Waals surface area contributed by atoms with E-state index in [0.717, 1.165) is 6.08 Å². The minimum atomic E-state index is -7.45. The summed E-state index contributed by atoms with van der Waals surface area (Å²) >= 11 is 0. The molecule has 0 aliphatic heterocycles. The van der Waals surface area contributed by atoms with E-state index in [1.54, 1.807) is 0 Å². The Morgan fingerprint density at radius 2 is 1.55 bits per heavy atom. The molecule has 3 rings (SSSR count). The lowest BCUT2D eigenvalue weighted by atomic mass is 9.98. The Balaban J connectivity index is 2.06. The summed E-state index contributed by atoms with van der Waals surface area (Å²) < 4.78 is 145. The van der Waals surface area contributed by atoms with E-state index in [1.165, 1.54) is 0 Å². The van der Waals surface area contributed by atoms with Gasteiger partial charge >= 0.3 is 33.4 Å². The van der Waals surface area contributed by atoms with Gasteiger partial charge in [-0.1, -0.05) is 6.08 Å². The third-order valence-corrected chi connectivity index (χ3v) is 6.00. The maximum Gasteiger partial charge on any atom is 0.460 e. The molecule has 2 atom stereocenters. The lowest BCUT2D eigenvalue weighted by molar-refractivity contribution is -0.383. The van der Waals surface area contributed by atoms with Gasteiger partial charge in [0, 0.05) is 11.5 Å². The molecule has 2 aliphatic carbocycles. The average molecular weight is 461 g/mol. The first-order valence-electron chi connectivity index (χ1n) is 7.31. The molecule has 3 N–H and O–H groups in total. The first-order valence-corrected chi connectivity index (χ1v) is 8.72. The van der Waals surface area contributed by atoms with Gasteiger partial charge in [-0.2, -0.15) is 47.9 Å². The summed E-state index contributed by atoms with van der Waals surface area (Å²) in [5.74, 6) is -17.6. The smallest absolute Gasteiger partial charge is 0.460 e. The Labute approximate surface area is 154 Å². The number of halogens is 9. The van der Waals surface area contributed by atoms with Crippen LogP contribution in [-0.2, 0) is 19.9 Å². The van der Waals surface area contributed by atoms with E-state index < -0.39 is 68.7 Å². The quantitative estimate of drug-likeness (QED) is 0.355. The second-order valence-electron chi connectivity index (χ2n) is 6.37. The molecule has 0 saturated heterocycles. The number of aromatic amines is 1. The largest absolute Gasteiger partial charge is 0.494 e. The summed E-state index contributed by atoms with van der Waals surface area (Å²) in [6, 6.07) is 0. The summed E-state index contributed by atoms with van der Waals surface area (Å²) in [5, 5.41) is 12.3. The Bertz CT molecular complexity index is 997. The molecule has 1 aromatic heterocycles. The molecule has 2 unspecified atom stereocenters. The van der Waals surface area contributed by atoms with E-state index in [0.29, 0.717) is 6.08 Å². The number of aromatic nitrogens is 1. The fraction of sp³-hybridized carbons (Fsp3) is 0.538. The normalized spacial score (nSPS) is 24.9. The molecule has 2 aliphatic rings. The fourth-order valence-corrected chi connectivity index (χ4v) is 4.41. The molecule has 6 nitrogen and oxygen atoms in total. The van der Waals surface area contributed by atoms with E-state index in [1.807, 2.05) is 4.98 Å². The van der Waals surface area contributed by atoms with E-state index >= 15 is 0 Å². The molecule has 0 aromatic carbocycles. The van der Waals surface area contributed by atoms with Gasteiger partial charge in [-0.25, -0.2) is 4.18 Å². The molecule has 2 bridgehead atoms.